The van der Waals surface area contributed by atoms with Gasteiger partial charge < -0.3 is 25.8 Å². The van der Waals surface area contributed by atoms with Gasteiger partial charge in [0.05, 0.1) is 11.5 Å². The molecule has 0 amide bonds. The van der Waals surface area contributed by atoms with Crippen molar-refractivity contribution in [1.29, 1.82) is 0 Å². The van der Waals surface area contributed by atoms with Gasteiger partial charge in [-0.05, 0) is 69.0 Å². The molecule has 5 N–H and O–H groups in total. The molecule has 1 aromatic rings. The maximum Gasteiger partial charge on any atom is 0.541 e. The lowest BCUT2D eigenvalue weighted by molar-refractivity contribution is 0.0694. The minimum atomic E-state index is -1.04. The Morgan fingerprint density at radius 2 is 2.08 bits per heavy atom. The summed E-state index contributed by atoms with van der Waals surface area (Å²) >= 11 is 0. The molecule has 6 nitrogen and oxygen atoms in total. The largest absolute Gasteiger partial charge is 0.541 e. The second kappa shape index (κ2) is 8.21. The van der Waals surface area contributed by atoms with Gasteiger partial charge in [-0.25, -0.2) is 4.79 Å². The Labute approximate surface area is 148 Å². The predicted molar refractivity (Wildman–Crippen MR) is 96.7 cm³/mol. The quantitative estimate of drug-likeness (QED) is 0.461. The molecule has 0 saturated heterocycles. The monoisotopic (exact) mass is 346 g/mol. The highest BCUT2D eigenvalue weighted by Crippen LogP contribution is 2.30. The Bertz CT molecular complexity index is 605. The smallest absolute Gasteiger partial charge is 0.534 e. The summed E-state index contributed by atoms with van der Waals surface area (Å²) in [7, 11) is -1.03. The number of nitrogens with two attached hydrogens (primary N) is 1. The van der Waals surface area contributed by atoms with Gasteiger partial charge >= 0.3 is 13.1 Å². The van der Waals surface area contributed by atoms with Crippen LogP contribution in [-0.2, 0) is 6.42 Å². The maximum absolute atomic E-state index is 11.3. The van der Waals surface area contributed by atoms with E-state index in [1.165, 1.54) is 25.3 Å². The molecule has 1 atom stereocenters. The van der Waals surface area contributed by atoms with E-state index in [9.17, 15) is 14.9 Å². The van der Waals surface area contributed by atoms with Gasteiger partial charge in [-0.15, -0.1) is 0 Å². The molecule has 0 aromatic heterocycles. The normalized spacial score (nSPS) is 26.0. The van der Waals surface area contributed by atoms with Gasteiger partial charge in [-0.3, -0.25) is 0 Å². The van der Waals surface area contributed by atoms with Gasteiger partial charge in [0.1, 0.15) is 5.75 Å². The van der Waals surface area contributed by atoms with Gasteiger partial charge in [-0.2, -0.15) is 0 Å². The third-order valence-corrected chi connectivity index (χ3v) is 5.44. The highest BCUT2D eigenvalue weighted by atomic mass is 16.5. The van der Waals surface area contributed by atoms with Gasteiger partial charge in [0.15, 0.2) is 0 Å². The molecule has 0 unspecified atom stereocenters. The van der Waals surface area contributed by atoms with Crippen molar-refractivity contribution < 1.29 is 19.6 Å². The maximum atomic E-state index is 11.3. The number of carboxylic acids is 1. The van der Waals surface area contributed by atoms with Crippen LogP contribution < -0.4 is 15.7 Å². The van der Waals surface area contributed by atoms with Crippen LogP contribution in [0.15, 0.2) is 18.2 Å². The highest BCUT2D eigenvalue weighted by Gasteiger charge is 2.36. The fraction of sp³-hybridized carbons (Fsp3) is 0.611. The van der Waals surface area contributed by atoms with Gasteiger partial charge in [0.25, 0.3) is 0 Å². The zero-order chi connectivity index (χ0) is 17.8. The van der Waals surface area contributed by atoms with Crippen molar-refractivity contribution >= 4 is 13.1 Å². The number of nitrogens with one attached hydrogen (secondary N) is 1. The third kappa shape index (κ3) is 4.54. The molecule has 25 heavy (non-hydrogen) atoms. The summed E-state index contributed by atoms with van der Waals surface area (Å²) in [4.78, 5) is 11.3. The van der Waals surface area contributed by atoms with Crippen LogP contribution in [0.4, 0.5) is 0 Å². The van der Waals surface area contributed by atoms with Crippen molar-refractivity contribution in [1.82, 2.24) is 5.32 Å². The number of para-hydroxylation sites is 1. The van der Waals surface area contributed by atoms with E-state index >= 15 is 0 Å². The van der Waals surface area contributed by atoms with Crippen LogP contribution in [0.1, 0.15) is 54.4 Å². The average molecular weight is 346 g/mol. The summed E-state index contributed by atoms with van der Waals surface area (Å²) in [6.07, 6.45) is 7.53. The molecule has 136 valence electrons. The molecule has 3 rings (SSSR count). The van der Waals surface area contributed by atoms with E-state index in [1.807, 2.05) is 6.07 Å². The topological polar surface area (TPSA) is 105 Å². The molecule has 1 aliphatic carbocycles. The first-order chi connectivity index (χ1) is 12.0. The summed E-state index contributed by atoms with van der Waals surface area (Å²) in [6, 6.07) is 5.46. The van der Waals surface area contributed by atoms with Crippen molar-refractivity contribution in [3.05, 3.63) is 29.3 Å². The van der Waals surface area contributed by atoms with Crippen LogP contribution in [0, 0.1) is 5.92 Å². The molecule has 0 radical (unpaired) electrons. The molecule has 1 saturated carbocycles. The standard InChI is InChI=1S/C18H27BN2O4/c20-14-8-6-12(7-9-14)3-2-10-21-16-11-13-4-1-5-15(18(22)23)17(13)25-19(16)24/h1,4-5,12,14,16,21,24H,2-3,6-11,20H2,(H,22,23)/t12?,14?,16-/m0/s1. The summed E-state index contributed by atoms with van der Waals surface area (Å²) in [5, 5.41) is 22.8. The number of benzene rings is 1. The molecular weight excluding hydrogens is 319 g/mol. The first-order valence-corrected chi connectivity index (χ1v) is 9.23. The Kier molecular flexibility index (Phi) is 5.99. The minimum Gasteiger partial charge on any atom is -0.534 e. The van der Waals surface area contributed by atoms with E-state index in [0.717, 1.165) is 37.3 Å². The second-order valence-electron chi connectivity index (χ2n) is 7.30. The number of carboxylic acid groups (broad SMARTS) is 1. The van der Waals surface area contributed by atoms with Gasteiger partial charge in [-0.1, -0.05) is 12.1 Å². The fourth-order valence-electron chi connectivity index (χ4n) is 3.92. The molecule has 7 heteroatoms. The van der Waals surface area contributed by atoms with Crippen molar-refractivity contribution in [3.63, 3.8) is 0 Å². The van der Waals surface area contributed by atoms with Gasteiger partial charge in [0, 0.05) is 6.04 Å². The Morgan fingerprint density at radius 3 is 2.80 bits per heavy atom. The van der Waals surface area contributed by atoms with Crippen molar-refractivity contribution in [2.45, 2.75) is 56.9 Å². The Hall–Kier alpha value is -1.57. The van der Waals surface area contributed by atoms with Crippen molar-refractivity contribution in [2.75, 3.05) is 6.54 Å². The number of fused-ring (bicyclic) bond motifs is 1. The Morgan fingerprint density at radius 1 is 1.32 bits per heavy atom. The lowest BCUT2D eigenvalue weighted by Gasteiger charge is -2.29. The molecule has 0 spiro atoms. The van der Waals surface area contributed by atoms with E-state index in [2.05, 4.69) is 5.32 Å². The van der Waals surface area contributed by atoms with Crippen LogP contribution in [-0.4, -0.2) is 41.7 Å². The number of hydrogen-bond acceptors (Lipinski definition) is 5. The predicted octanol–water partition coefficient (Wildman–Crippen LogP) is 1.60. The molecule has 2 aliphatic rings. The number of hydrogen-bond donors (Lipinski definition) is 4. The molecular formula is C18H27BN2O4. The van der Waals surface area contributed by atoms with Crippen LogP contribution in [0.3, 0.4) is 0 Å². The highest BCUT2D eigenvalue weighted by molar-refractivity contribution is 6.46. The summed E-state index contributed by atoms with van der Waals surface area (Å²) in [5.74, 6) is -0.189. The summed E-state index contributed by atoms with van der Waals surface area (Å²) < 4.78 is 5.49. The van der Waals surface area contributed by atoms with E-state index < -0.39 is 13.1 Å². The van der Waals surface area contributed by atoms with Crippen LogP contribution in [0.5, 0.6) is 5.75 Å². The molecule has 1 aromatic carbocycles. The van der Waals surface area contributed by atoms with Crippen LogP contribution >= 0.6 is 0 Å². The van der Waals surface area contributed by atoms with Crippen molar-refractivity contribution in [2.24, 2.45) is 11.7 Å². The molecule has 1 aliphatic heterocycles. The van der Waals surface area contributed by atoms with Gasteiger partial charge in [0.2, 0.25) is 0 Å². The SMILES string of the molecule is NC1CCC(CCCN[C@H]2Cc3cccc(C(=O)O)c3OB2O)CC1. The van der Waals surface area contributed by atoms with E-state index in [1.54, 1.807) is 6.07 Å². The lowest BCUT2D eigenvalue weighted by Crippen LogP contribution is -2.51. The zero-order valence-corrected chi connectivity index (χ0v) is 14.5. The van der Waals surface area contributed by atoms with Crippen LogP contribution in [0.2, 0.25) is 0 Å². The Balaban J connectivity index is 1.48. The molecule has 1 heterocycles. The van der Waals surface area contributed by atoms with E-state index in [4.69, 9.17) is 10.4 Å². The molecule has 0 bridgehead atoms. The average Bonchev–Trinajstić information content (AvgIpc) is 2.60. The van der Waals surface area contributed by atoms with E-state index in [-0.39, 0.29) is 11.5 Å². The number of rotatable bonds is 6. The first kappa shape index (κ1) is 18.2. The minimum absolute atomic E-state index is 0.102. The third-order valence-electron chi connectivity index (χ3n) is 5.44. The lowest BCUT2D eigenvalue weighted by atomic mass is 9.72. The van der Waals surface area contributed by atoms with Crippen LogP contribution in [0.25, 0.3) is 0 Å². The van der Waals surface area contributed by atoms with Crippen molar-refractivity contribution in [3.8, 4) is 5.75 Å². The zero-order valence-electron chi connectivity index (χ0n) is 14.5. The second-order valence-corrected chi connectivity index (χ2v) is 7.30. The van der Waals surface area contributed by atoms with E-state index in [0.29, 0.717) is 18.2 Å². The molecule has 1 fully saturated rings. The fourth-order valence-corrected chi connectivity index (χ4v) is 3.92. The first-order valence-electron chi connectivity index (χ1n) is 9.23. The summed E-state index contributed by atoms with van der Waals surface area (Å²) in [5.41, 5.74) is 6.87. The number of carbonyl (C=O) groups is 1. The number of aromatic carboxylic acids is 1. The summed E-state index contributed by atoms with van der Waals surface area (Å²) in [6.45, 7) is 0.821.